The lowest BCUT2D eigenvalue weighted by molar-refractivity contribution is -0.0505. The highest BCUT2D eigenvalue weighted by Gasteiger charge is 2.12. The summed E-state index contributed by atoms with van der Waals surface area (Å²) in [7, 11) is 1.64. The smallest absolute Gasteiger partial charge is 0.387 e. The van der Waals surface area contributed by atoms with E-state index in [1.54, 1.807) is 25.4 Å². The topological polar surface area (TPSA) is 67.8 Å². The maximum Gasteiger partial charge on any atom is 0.387 e. The van der Waals surface area contributed by atoms with Gasteiger partial charge in [-0.05, 0) is 30.0 Å². The number of rotatable bonds is 9. The van der Waals surface area contributed by atoms with Gasteiger partial charge in [0.05, 0.1) is 18.8 Å². The second-order valence-corrected chi connectivity index (χ2v) is 6.75. The van der Waals surface area contributed by atoms with Crippen molar-refractivity contribution in [3.63, 3.8) is 0 Å². The quantitative estimate of drug-likeness (QED) is 0.218. The van der Waals surface area contributed by atoms with Crippen LogP contribution in [-0.4, -0.2) is 31.2 Å². The fourth-order valence-electron chi connectivity index (χ4n) is 3.09. The van der Waals surface area contributed by atoms with Gasteiger partial charge in [0, 0.05) is 36.8 Å². The molecule has 2 aromatic carbocycles. The molecule has 2 N–H and O–H groups in total. The van der Waals surface area contributed by atoms with E-state index in [4.69, 9.17) is 4.74 Å². The molecule has 9 heteroatoms. The van der Waals surface area contributed by atoms with Crippen molar-refractivity contribution in [2.24, 2.45) is 4.99 Å². The highest BCUT2D eigenvalue weighted by Crippen LogP contribution is 2.26. The van der Waals surface area contributed by atoms with Crippen LogP contribution in [0.4, 0.5) is 8.78 Å². The second kappa shape index (κ2) is 13.0. The number of aliphatic imine (C=N–C) groups is 1. The minimum Gasteiger partial charge on any atom is -0.493 e. The monoisotopic (exact) mass is 556 g/mol. The first kappa shape index (κ1) is 25.6. The van der Waals surface area contributed by atoms with Gasteiger partial charge in [-0.25, -0.2) is 0 Å². The summed E-state index contributed by atoms with van der Waals surface area (Å²) >= 11 is 0. The number of halogens is 3. The molecular weight excluding hydrogens is 529 g/mol. The third-order valence-electron chi connectivity index (χ3n) is 4.58. The first-order chi connectivity index (χ1) is 15.1. The maximum atomic E-state index is 12.9. The van der Waals surface area contributed by atoms with Crippen LogP contribution in [0.2, 0.25) is 0 Å². The van der Waals surface area contributed by atoms with Gasteiger partial charge < -0.3 is 20.1 Å². The molecule has 32 heavy (non-hydrogen) atoms. The average molecular weight is 556 g/mol. The number of ether oxygens (including phenoxy) is 2. The van der Waals surface area contributed by atoms with Crippen LogP contribution in [0.15, 0.2) is 59.7 Å². The second-order valence-electron chi connectivity index (χ2n) is 6.75. The van der Waals surface area contributed by atoms with Crippen molar-refractivity contribution < 1.29 is 18.3 Å². The molecule has 0 atom stereocenters. The van der Waals surface area contributed by atoms with Gasteiger partial charge in [0.15, 0.2) is 5.96 Å². The molecular formula is C23H27F2IN4O2. The van der Waals surface area contributed by atoms with Gasteiger partial charge >= 0.3 is 6.61 Å². The van der Waals surface area contributed by atoms with E-state index in [1.165, 1.54) is 6.07 Å². The minimum atomic E-state index is -2.92. The molecule has 0 spiro atoms. The molecule has 0 radical (unpaired) electrons. The minimum absolute atomic E-state index is 0. The Labute approximate surface area is 203 Å². The number of pyridine rings is 1. The van der Waals surface area contributed by atoms with Crippen molar-refractivity contribution in [1.29, 1.82) is 0 Å². The number of guanidine groups is 1. The zero-order valence-corrected chi connectivity index (χ0v) is 20.3. The van der Waals surface area contributed by atoms with Crippen LogP contribution < -0.4 is 20.1 Å². The number of nitrogens with zero attached hydrogens (tertiary/aromatic N) is 2. The van der Waals surface area contributed by atoms with Crippen LogP contribution in [0.3, 0.4) is 0 Å². The summed E-state index contributed by atoms with van der Waals surface area (Å²) in [5.74, 6) is 1.08. The Morgan fingerprint density at radius 1 is 1.09 bits per heavy atom. The summed E-state index contributed by atoms with van der Waals surface area (Å²) in [5, 5.41) is 8.50. The van der Waals surface area contributed by atoms with Crippen LogP contribution in [0.5, 0.6) is 11.5 Å². The molecule has 6 nitrogen and oxygen atoms in total. The molecule has 3 aromatic rings. The molecule has 0 aliphatic heterocycles. The predicted octanol–water partition coefficient (Wildman–Crippen LogP) is 5.11. The lowest BCUT2D eigenvalue weighted by atomic mass is 10.1. The molecule has 0 saturated carbocycles. The summed E-state index contributed by atoms with van der Waals surface area (Å²) in [6.45, 7) is 0.269. The van der Waals surface area contributed by atoms with Crippen molar-refractivity contribution >= 4 is 40.7 Å². The van der Waals surface area contributed by atoms with Crippen LogP contribution in [0.1, 0.15) is 24.6 Å². The Bertz CT molecular complexity index is 1030. The summed E-state index contributed by atoms with van der Waals surface area (Å²) in [4.78, 5) is 8.65. The first-order valence-electron chi connectivity index (χ1n) is 10.1. The van der Waals surface area contributed by atoms with Gasteiger partial charge in [-0.15, -0.1) is 24.0 Å². The summed E-state index contributed by atoms with van der Waals surface area (Å²) < 4.78 is 35.9. The zero-order chi connectivity index (χ0) is 22.1. The molecule has 0 saturated heterocycles. The fraction of sp³-hybridized carbons (Fsp3) is 0.304. The molecule has 1 heterocycles. The number of benzene rings is 2. The van der Waals surface area contributed by atoms with Gasteiger partial charge in [0.25, 0.3) is 0 Å². The molecule has 0 amide bonds. The molecule has 0 aliphatic rings. The van der Waals surface area contributed by atoms with Gasteiger partial charge in [0.1, 0.15) is 11.5 Å². The number of hydrogen-bond donors (Lipinski definition) is 2. The van der Waals surface area contributed by atoms with Gasteiger partial charge in [-0.3, -0.25) is 9.98 Å². The lowest BCUT2D eigenvalue weighted by Crippen LogP contribution is -2.36. The van der Waals surface area contributed by atoms with Crippen molar-refractivity contribution in [3.8, 4) is 11.5 Å². The Kier molecular flexibility index (Phi) is 10.4. The molecule has 0 aliphatic carbocycles. The standard InChI is InChI=1S/C23H26F2N4O2.HI/c1-3-12-30-18-9-8-17(21(13-18)31-22(24)25)14-28-23(26-2)29-15-20-19-7-5-4-6-16(19)10-11-27-20;/h4-11,13,22H,3,12,14-15H2,1-2H3,(H2,26,28,29);1H. The van der Waals surface area contributed by atoms with Crippen molar-refractivity contribution in [2.45, 2.75) is 33.0 Å². The zero-order valence-electron chi connectivity index (χ0n) is 18.0. The summed E-state index contributed by atoms with van der Waals surface area (Å²) in [6.07, 6.45) is 2.59. The lowest BCUT2D eigenvalue weighted by Gasteiger charge is -2.16. The predicted molar refractivity (Wildman–Crippen MR) is 133 cm³/mol. The number of alkyl halides is 2. The Morgan fingerprint density at radius 2 is 1.88 bits per heavy atom. The maximum absolute atomic E-state index is 12.9. The summed E-state index contributed by atoms with van der Waals surface area (Å²) in [5.41, 5.74) is 1.45. The van der Waals surface area contributed by atoms with Crippen LogP contribution in [0, 0.1) is 0 Å². The van der Waals surface area contributed by atoms with E-state index >= 15 is 0 Å². The molecule has 0 fully saturated rings. The molecule has 172 valence electrons. The number of hydrogen-bond acceptors (Lipinski definition) is 4. The highest BCUT2D eigenvalue weighted by molar-refractivity contribution is 14.0. The summed E-state index contributed by atoms with van der Waals surface area (Å²) in [6, 6.07) is 14.9. The molecule has 0 bridgehead atoms. The van der Waals surface area contributed by atoms with Crippen LogP contribution in [0.25, 0.3) is 10.8 Å². The normalized spacial score (nSPS) is 11.2. The Morgan fingerprint density at radius 3 is 2.62 bits per heavy atom. The van der Waals surface area contributed by atoms with Crippen molar-refractivity contribution in [1.82, 2.24) is 15.6 Å². The van der Waals surface area contributed by atoms with Gasteiger partial charge in [-0.1, -0.05) is 31.2 Å². The van der Waals surface area contributed by atoms with E-state index in [-0.39, 0.29) is 36.3 Å². The third kappa shape index (κ3) is 7.18. The van der Waals surface area contributed by atoms with Crippen LogP contribution >= 0.6 is 24.0 Å². The highest BCUT2D eigenvalue weighted by atomic mass is 127. The fourth-order valence-corrected chi connectivity index (χ4v) is 3.09. The molecule has 3 rings (SSSR count). The van der Waals surface area contributed by atoms with Crippen molar-refractivity contribution in [3.05, 3.63) is 66.0 Å². The third-order valence-corrected chi connectivity index (χ3v) is 4.58. The SMILES string of the molecule is CCCOc1ccc(CNC(=NC)NCc2nccc3ccccc23)c(OC(F)F)c1.I. The molecule has 1 aromatic heterocycles. The molecule has 0 unspecified atom stereocenters. The van der Waals surface area contributed by atoms with E-state index < -0.39 is 6.61 Å². The number of nitrogens with one attached hydrogen (secondary N) is 2. The Hall–Kier alpha value is -2.69. The van der Waals surface area contributed by atoms with E-state index in [1.807, 2.05) is 37.3 Å². The van der Waals surface area contributed by atoms with Gasteiger partial charge in [0.2, 0.25) is 0 Å². The average Bonchev–Trinajstić information content (AvgIpc) is 2.78. The van der Waals surface area contributed by atoms with E-state index in [9.17, 15) is 8.78 Å². The van der Waals surface area contributed by atoms with E-state index in [2.05, 4.69) is 25.3 Å². The first-order valence-corrected chi connectivity index (χ1v) is 10.1. The van der Waals surface area contributed by atoms with Crippen molar-refractivity contribution in [2.75, 3.05) is 13.7 Å². The van der Waals surface area contributed by atoms with E-state index in [0.29, 0.717) is 30.4 Å². The number of aromatic nitrogens is 1. The van der Waals surface area contributed by atoms with Crippen LogP contribution in [-0.2, 0) is 13.1 Å². The Balaban J connectivity index is 0.00000363. The largest absolute Gasteiger partial charge is 0.493 e. The van der Waals surface area contributed by atoms with E-state index in [0.717, 1.165) is 22.9 Å². The number of fused-ring (bicyclic) bond motifs is 1. The van der Waals surface area contributed by atoms with Gasteiger partial charge in [-0.2, -0.15) is 8.78 Å².